The molecule has 5 rings (SSSR count). The van der Waals surface area contributed by atoms with Gasteiger partial charge in [-0.15, -0.1) is 0 Å². The number of nitriles is 1. The molecular formula is C37H25ClF5N3O5S. The van der Waals surface area contributed by atoms with Crippen LogP contribution in [0.2, 0.25) is 5.02 Å². The first-order valence-electron chi connectivity index (χ1n) is 15.2. The molecule has 0 radical (unpaired) electrons. The molecule has 15 heteroatoms. The van der Waals surface area contributed by atoms with Gasteiger partial charge in [0.05, 0.1) is 30.3 Å². The summed E-state index contributed by atoms with van der Waals surface area (Å²) in [6.07, 6.45) is 0. The van der Waals surface area contributed by atoms with Gasteiger partial charge in [-0.3, -0.25) is 4.79 Å². The van der Waals surface area contributed by atoms with E-state index < -0.39 is 69.0 Å². The second-order valence-corrected chi connectivity index (χ2v) is 13.5. The first kappa shape index (κ1) is 37.6. The number of anilines is 1. The zero-order valence-electron chi connectivity index (χ0n) is 26.7. The van der Waals surface area contributed by atoms with Gasteiger partial charge in [-0.2, -0.15) is 9.57 Å². The summed E-state index contributed by atoms with van der Waals surface area (Å²) in [4.78, 5) is 25.8. The lowest BCUT2D eigenvalue weighted by Gasteiger charge is -2.28. The van der Waals surface area contributed by atoms with Gasteiger partial charge in [0.25, 0.3) is 0 Å². The number of halogens is 6. The van der Waals surface area contributed by atoms with Crippen LogP contribution in [-0.4, -0.2) is 31.1 Å². The van der Waals surface area contributed by atoms with Gasteiger partial charge in [0.15, 0.2) is 28.2 Å². The van der Waals surface area contributed by atoms with E-state index in [0.29, 0.717) is 5.56 Å². The largest absolute Gasteiger partial charge is 0.457 e. The third-order valence-electron chi connectivity index (χ3n) is 7.68. The Bertz CT molecular complexity index is 2240. The number of hydrogen-bond donors (Lipinski definition) is 0. The van der Waals surface area contributed by atoms with E-state index in [1.807, 2.05) is 6.07 Å². The first-order valence-corrected chi connectivity index (χ1v) is 17.0. The summed E-state index contributed by atoms with van der Waals surface area (Å²) >= 11 is 5.93. The Labute approximate surface area is 299 Å². The van der Waals surface area contributed by atoms with E-state index >= 15 is 0 Å². The molecule has 0 atom stereocenters. The molecule has 0 unspecified atom stereocenters. The lowest BCUT2D eigenvalue weighted by Crippen LogP contribution is -2.43. The number of amides is 1. The predicted molar refractivity (Wildman–Crippen MR) is 180 cm³/mol. The van der Waals surface area contributed by atoms with Crippen molar-refractivity contribution in [1.82, 2.24) is 4.31 Å². The summed E-state index contributed by atoms with van der Waals surface area (Å²) in [6, 6.07) is 27.8. The summed E-state index contributed by atoms with van der Waals surface area (Å²) in [7, 11) is -5.62. The van der Waals surface area contributed by atoms with E-state index in [4.69, 9.17) is 16.3 Å². The van der Waals surface area contributed by atoms with E-state index in [1.165, 1.54) is 60.7 Å². The lowest BCUT2D eigenvalue weighted by molar-refractivity contribution is -0.119. The molecule has 0 aliphatic heterocycles. The van der Waals surface area contributed by atoms with Gasteiger partial charge in [-0.1, -0.05) is 66.2 Å². The quantitative estimate of drug-likeness (QED) is 0.0560. The van der Waals surface area contributed by atoms with Crippen molar-refractivity contribution in [2.45, 2.75) is 24.6 Å². The maximum absolute atomic E-state index is 14.9. The smallest absolute Gasteiger partial charge is 0.338 e. The van der Waals surface area contributed by atoms with Gasteiger partial charge in [0.1, 0.15) is 6.61 Å². The highest BCUT2D eigenvalue weighted by Crippen LogP contribution is 2.31. The van der Waals surface area contributed by atoms with Crippen LogP contribution in [0.4, 0.5) is 27.6 Å². The molecule has 1 amide bonds. The fourth-order valence-corrected chi connectivity index (χ4v) is 6.64. The summed E-state index contributed by atoms with van der Waals surface area (Å²) in [5, 5.41) is 9.65. The van der Waals surface area contributed by atoms with Crippen LogP contribution in [0.3, 0.4) is 0 Å². The van der Waals surface area contributed by atoms with Crippen LogP contribution in [0.25, 0.3) is 0 Å². The standard InChI is InChI=1S/C37H25ClF5N3O5S/c38-28-13-9-23(10-14-28)19-45(52(49,50)36-34(42)32(40)31(39)33(41)35(36)43)21-30(47)46(20-26-8-4-7-25(17-26)18-44)29-15-11-27(12-16-29)37(48)51-22-24-5-2-1-3-6-24/h1-17H,19-22H2. The molecule has 0 spiro atoms. The van der Waals surface area contributed by atoms with Gasteiger partial charge in [-0.05, 0) is 65.2 Å². The molecule has 5 aromatic rings. The molecule has 0 aromatic heterocycles. The van der Waals surface area contributed by atoms with Crippen molar-refractivity contribution in [2.75, 3.05) is 11.4 Å². The zero-order chi connectivity index (χ0) is 37.6. The van der Waals surface area contributed by atoms with Crippen LogP contribution in [-0.2, 0) is 39.3 Å². The van der Waals surface area contributed by atoms with Crippen LogP contribution in [0.5, 0.6) is 0 Å². The fraction of sp³-hybridized carbons (Fsp3) is 0.108. The molecule has 52 heavy (non-hydrogen) atoms. The Hall–Kier alpha value is -5.62. The van der Waals surface area contributed by atoms with Crippen LogP contribution < -0.4 is 4.90 Å². The van der Waals surface area contributed by atoms with Crippen LogP contribution in [0.1, 0.15) is 32.6 Å². The molecule has 0 saturated carbocycles. The third-order valence-corrected chi connectivity index (χ3v) is 9.74. The number of esters is 1. The Morgan fingerprint density at radius 3 is 1.92 bits per heavy atom. The molecule has 0 saturated heterocycles. The Balaban J connectivity index is 1.52. The van der Waals surface area contributed by atoms with Gasteiger partial charge >= 0.3 is 5.97 Å². The number of nitrogens with zero attached hydrogens (tertiary/aromatic N) is 3. The SMILES string of the molecule is N#Cc1cccc(CN(C(=O)CN(Cc2ccc(Cl)cc2)S(=O)(=O)c2c(F)c(F)c(F)c(F)c2F)c2ccc(C(=O)OCc3ccccc3)cc2)c1. The van der Waals surface area contributed by atoms with E-state index in [2.05, 4.69) is 0 Å². The third kappa shape index (κ3) is 8.46. The highest BCUT2D eigenvalue weighted by Gasteiger charge is 2.38. The van der Waals surface area contributed by atoms with Crippen molar-refractivity contribution in [3.05, 3.63) is 165 Å². The second-order valence-electron chi connectivity index (χ2n) is 11.2. The molecular weight excluding hydrogens is 729 g/mol. The van der Waals surface area contributed by atoms with Crippen molar-refractivity contribution in [1.29, 1.82) is 5.26 Å². The normalized spacial score (nSPS) is 11.3. The van der Waals surface area contributed by atoms with E-state index in [9.17, 15) is 45.2 Å². The zero-order valence-corrected chi connectivity index (χ0v) is 28.3. The van der Waals surface area contributed by atoms with Gasteiger partial charge in [0.2, 0.25) is 21.7 Å². The average molecular weight is 754 g/mol. The Kier molecular flexibility index (Phi) is 11.7. The molecule has 5 aromatic carbocycles. The number of hydrogen-bond acceptors (Lipinski definition) is 6. The number of benzene rings is 5. The Morgan fingerprint density at radius 1 is 0.712 bits per heavy atom. The molecule has 266 valence electrons. The molecule has 0 fully saturated rings. The van der Waals surface area contributed by atoms with Crippen molar-refractivity contribution >= 4 is 39.2 Å². The van der Waals surface area contributed by atoms with Crippen LogP contribution >= 0.6 is 11.6 Å². The fourth-order valence-electron chi connectivity index (χ4n) is 5.03. The number of sulfonamides is 1. The molecule has 8 nitrogen and oxygen atoms in total. The minimum Gasteiger partial charge on any atom is -0.457 e. The van der Waals surface area contributed by atoms with Crippen molar-refractivity contribution < 1.29 is 44.7 Å². The molecule has 0 N–H and O–H groups in total. The maximum Gasteiger partial charge on any atom is 0.338 e. The molecule has 0 aliphatic carbocycles. The highest BCUT2D eigenvalue weighted by atomic mass is 35.5. The average Bonchev–Trinajstić information content (AvgIpc) is 3.15. The van der Waals surface area contributed by atoms with E-state index in [1.54, 1.807) is 42.5 Å². The summed E-state index contributed by atoms with van der Waals surface area (Å²) in [6.45, 7) is -2.20. The molecule has 0 bridgehead atoms. The number of carbonyl (C=O) groups is 2. The van der Waals surface area contributed by atoms with Gasteiger partial charge in [-0.25, -0.2) is 35.2 Å². The van der Waals surface area contributed by atoms with E-state index in [-0.39, 0.29) is 44.9 Å². The van der Waals surface area contributed by atoms with Gasteiger partial charge < -0.3 is 9.64 Å². The maximum atomic E-state index is 14.9. The lowest BCUT2D eigenvalue weighted by atomic mass is 10.1. The van der Waals surface area contributed by atoms with Crippen molar-refractivity contribution in [3.8, 4) is 6.07 Å². The van der Waals surface area contributed by atoms with Crippen LogP contribution in [0.15, 0.2) is 108 Å². The van der Waals surface area contributed by atoms with Gasteiger partial charge in [0, 0.05) is 17.3 Å². The minimum atomic E-state index is -5.62. The molecule has 0 heterocycles. The second kappa shape index (κ2) is 16.2. The van der Waals surface area contributed by atoms with E-state index in [0.717, 1.165) is 10.5 Å². The number of ether oxygens (including phenoxy) is 1. The number of carbonyl (C=O) groups excluding carboxylic acids is 2. The first-order chi connectivity index (χ1) is 24.8. The van der Waals surface area contributed by atoms with Crippen LogP contribution in [0, 0.1) is 40.4 Å². The topological polar surface area (TPSA) is 108 Å². The monoisotopic (exact) mass is 753 g/mol. The number of rotatable bonds is 12. The summed E-state index contributed by atoms with van der Waals surface area (Å²) in [5.41, 5.74) is 1.76. The highest BCUT2D eigenvalue weighted by molar-refractivity contribution is 7.89. The summed E-state index contributed by atoms with van der Waals surface area (Å²) in [5.74, 6) is -14.4. The van der Waals surface area contributed by atoms with Crippen molar-refractivity contribution in [3.63, 3.8) is 0 Å². The van der Waals surface area contributed by atoms with Crippen molar-refractivity contribution in [2.24, 2.45) is 0 Å². The summed E-state index contributed by atoms with van der Waals surface area (Å²) < 4.78 is 105. The Morgan fingerprint density at radius 2 is 1.31 bits per heavy atom. The predicted octanol–water partition coefficient (Wildman–Crippen LogP) is 7.69. The molecule has 0 aliphatic rings. The minimum absolute atomic E-state index is 0.0117.